The van der Waals surface area contributed by atoms with Gasteiger partial charge < -0.3 is 0 Å². The number of hydrogen-bond donors (Lipinski definition) is 0. The van der Waals surface area contributed by atoms with Gasteiger partial charge in [0.2, 0.25) is 12.2 Å². The maximum Gasteiger partial charge on any atom is 0.234 e. The summed E-state index contributed by atoms with van der Waals surface area (Å²) in [6.07, 6.45) is 11.7. The van der Waals surface area contributed by atoms with Crippen LogP contribution in [0.2, 0.25) is 0 Å². The van der Waals surface area contributed by atoms with Gasteiger partial charge in [0.15, 0.2) is 0 Å². The average Bonchev–Trinajstić information content (AvgIpc) is 2.93. The molecule has 18 heavy (non-hydrogen) atoms. The minimum Gasteiger partial charge on any atom is -0.211 e. The van der Waals surface area contributed by atoms with E-state index in [0.717, 1.165) is 24.7 Å². The van der Waals surface area contributed by atoms with Gasteiger partial charge in [-0.05, 0) is 62.2 Å². The van der Waals surface area contributed by atoms with E-state index >= 15 is 0 Å². The van der Waals surface area contributed by atoms with Crippen molar-refractivity contribution in [2.45, 2.75) is 44.9 Å². The van der Waals surface area contributed by atoms with E-state index in [4.69, 9.17) is 0 Å². The number of carbonyl (C=O) groups excluding carboxylic acids is 2. The summed E-state index contributed by atoms with van der Waals surface area (Å²) in [6, 6.07) is 0. The molecule has 0 aliphatic heterocycles. The lowest BCUT2D eigenvalue weighted by Crippen LogP contribution is -2.19. The third kappa shape index (κ3) is 2.95. The molecule has 2 fully saturated rings. The van der Waals surface area contributed by atoms with Crippen molar-refractivity contribution < 1.29 is 9.59 Å². The monoisotopic (exact) mass is 248 g/mol. The maximum atomic E-state index is 10.1. The van der Waals surface area contributed by atoms with Gasteiger partial charge >= 0.3 is 0 Å². The van der Waals surface area contributed by atoms with E-state index in [1.807, 2.05) is 0 Å². The minimum absolute atomic E-state index is 0.448. The summed E-state index contributed by atoms with van der Waals surface area (Å²) in [5.74, 6) is 1.64. The van der Waals surface area contributed by atoms with E-state index in [2.05, 4.69) is 9.98 Å². The van der Waals surface area contributed by atoms with Gasteiger partial charge in [-0.1, -0.05) is 0 Å². The lowest BCUT2D eigenvalue weighted by molar-refractivity contribution is 0.224. The molecule has 0 amide bonds. The fourth-order valence-corrected chi connectivity index (χ4v) is 4.05. The SMILES string of the molecule is O=C=NCCCC1CC2(CCN=C=O)CCC1C2. The standard InChI is InChI=1S/C14H20N2O2/c17-10-15-6-1-2-12-8-14(5-7-16-11-18)4-3-13(12)9-14/h12-13H,1-9H2. The summed E-state index contributed by atoms with van der Waals surface area (Å²) < 4.78 is 0. The second kappa shape index (κ2) is 6.08. The predicted molar refractivity (Wildman–Crippen MR) is 67.7 cm³/mol. The molecule has 2 saturated carbocycles. The van der Waals surface area contributed by atoms with Crippen LogP contribution in [0.4, 0.5) is 0 Å². The first kappa shape index (κ1) is 13.2. The molecule has 3 unspecified atom stereocenters. The normalized spacial score (nSPS) is 32.9. The number of fused-ring (bicyclic) bond motifs is 2. The van der Waals surface area contributed by atoms with Crippen LogP contribution in [0, 0.1) is 17.3 Å². The zero-order chi connectivity index (χ0) is 12.8. The largest absolute Gasteiger partial charge is 0.234 e. The first-order valence-electron chi connectivity index (χ1n) is 6.87. The molecular weight excluding hydrogens is 228 g/mol. The molecule has 0 aromatic carbocycles. The highest BCUT2D eigenvalue weighted by Gasteiger charge is 2.49. The number of aliphatic imine (C=N–C) groups is 2. The summed E-state index contributed by atoms with van der Waals surface area (Å²) in [6.45, 7) is 1.26. The van der Waals surface area contributed by atoms with E-state index in [9.17, 15) is 9.59 Å². The number of hydrogen-bond acceptors (Lipinski definition) is 4. The Morgan fingerprint density at radius 3 is 2.67 bits per heavy atom. The fourth-order valence-electron chi connectivity index (χ4n) is 4.05. The Balaban J connectivity index is 1.80. The Morgan fingerprint density at radius 1 is 1.11 bits per heavy atom. The molecule has 0 aromatic heterocycles. The molecule has 0 radical (unpaired) electrons. The molecule has 0 N–H and O–H groups in total. The topological polar surface area (TPSA) is 58.9 Å². The Labute approximate surface area is 108 Å². The molecule has 0 heterocycles. The van der Waals surface area contributed by atoms with Gasteiger partial charge in [0.1, 0.15) is 0 Å². The Morgan fingerprint density at radius 2 is 1.89 bits per heavy atom. The van der Waals surface area contributed by atoms with Crippen molar-refractivity contribution in [2.24, 2.45) is 27.2 Å². The molecule has 4 heteroatoms. The van der Waals surface area contributed by atoms with Crippen LogP contribution in [0.1, 0.15) is 44.9 Å². The predicted octanol–water partition coefficient (Wildman–Crippen LogP) is 2.63. The minimum atomic E-state index is 0.448. The summed E-state index contributed by atoms with van der Waals surface area (Å²) in [5, 5.41) is 0. The Bertz CT molecular complexity index is 383. The van der Waals surface area contributed by atoms with Gasteiger partial charge in [-0.25, -0.2) is 19.6 Å². The summed E-state index contributed by atoms with van der Waals surface area (Å²) >= 11 is 0. The van der Waals surface area contributed by atoms with Crippen molar-refractivity contribution in [2.75, 3.05) is 13.1 Å². The van der Waals surface area contributed by atoms with Crippen molar-refractivity contribution in [1.82, 2.24) is 0 Å². The molecule has 2 rings (SSSR count). The zero-order valence-electron chi connectivity index (χ0n) is 10.7. The number of rotatable bonds is 7. The Kier molecular flexibility index (Phi) is 4.46. The lowest BCUT2D eigenvalue weighted by atomic mass is 9.76. The van der Waals surface area contributed by atoms with E-state index in [0.29, 0.717) is 18.5 Å². The molecule has 2 bridgehead atoms. The third-order valence-corrected chi connectivity index (χ3v) is 4.83. The average molecular weight is 248 g/mol. The summed E-state index contributed by atoms with van der Waals surface area (Å²) in [7, 11) is 0. The van der Waals surface area contributed by atoms with Gasteiger partial charge in [-0.2, -0.15) is 0 Å². The van der Waals surface area contributed by atoms with Crippen LogP contribution >= 0.6 is 0 Å². The molecule has 4 nitrogen and oxygen atoms in total. The molecular formula is C14H20N2O2. The van der Waals surface area contributed by atoms with Crippen LogP contribution in [-0.2, 0) is 9.59 Å². The third-order valence-electron chi connectivity index (χ3n) is 4.83. The van der Waals surface area contributed by atoms with Crippen LogP contribution in [-0.4, -0.2) is 25.2 Å². The molecule has 98 valence electrons. The van der Waals surface area contributed by atoms with Crippen LogP contribution in [0.15, 0.2) is 9.98 Å². The van der Waals surface area contributed by atoms with Crippen molar-refractivity contribution in [1.29, 1.82) is 0 Å². The first-order valence-corrected chi connectivity index (χ1v) is 6.87. The van der Waals surface area contributed by atoms with E-state index in [1.165, 1.54) is 32.1 Å². The second-order valence-electron chi connectivity index (χ2n) is 5.81. The number of nitrogens with zero attached hydrogens (tertiary/aromatic N) is 2. The molecule has 0 saturated heterocycles. The maximum absolute atomic E-state index is 10.1. The highest BCUT2D eigenvalue weighted by molar-refractivity contribution is 5.33. The van der Waals surface area contributed by atoms with E-state index in [1.54, 1.807) is 12.2 Å². The van der Waals surface area contributed by atoms with Crippen LogP contribution < -0.4 is 0 Å². The first-order chi connectivity index (χ1) is 8.79. The van der Waals surface area contributed by atoms with Gasteiger partial charge in [-0.15, -0.1) is 0 Å². The van der Waals surface area contributed by atoms with Crippen LogP contribution in [0.5, 0.6) is 0 Å². The van der Waals surface area contributed by atoms with Gasteiger partial charge in [0.25, 0.3) is 0 Å². The second-order valence-corrected chi connectivity index (χ2v) is 5.81. The fraction of sp³-hybridized carbons (Fsp3) is 0.857. The van der Waals surface area contributed by atoms with Crippen molar-refractivity contribution in [3.8, 4) is 0 Å². The smallest absolute Gasteiger partial charge is 0.211 e. The highest BCUT2D eigenvalue weighted by Crippen LogP contribution is 2.59. The molecule has 0 spiro atoms. The molecule has 2 aliphatic rings. The molecule has 2 aliphatic carbocycles. The van der Waals surface area contributed by atoms with Gasteiger partial charge in [-0.3, -0.25) is 0 Å². The van der Waals surface area contributed by atoms with E-state index < -0.39 is 0 Å². The zero-order valence-corrected chi connectivity index (χ0v) is 10.7. The quantitative estimate of drug-likeness (QED) is 0.395. The number of isocyanates is 2. The molecule has 3 atom stereocenters. The van der Waals surface area contributed by atoms with Crippen molar-refractivity contribution in [3.63, 3.8) is 0 Å². The Hall–Kier alpha value is -1.24. The summed E-state index contributed by atoms with van der Waals surface area (Å²) in [4.78, 5) is 27.4. The van der Waals surface area contributed by atoms with Gasteiger partial charge in [0.05, 0.1) is 13.1 Å². The molecule has 0 aromatic rings. The van der Waals surface area contributed by atoms with Crippen LogP contribution in [0.25, 0.3) is 0 Å². The highest BCUT2D eigenvalue weighted by atomic mass is 16.1. The van der Waals surface area contributed by atoms with Crippen molar-refractivity contribution >= 4 is 12.2 Å². The van der Waals surface area contributed by atoms with Gasteiger partial charge in [0, 0.05) is 0 Å². The van der Waals surface area contributed by atoms with E-state index in [-0.39, 0.29) is 0 Å². The van der Waals surface area contributed by atoms with Crippen molar-refractivity contribution in [3.05, 3.63) is 0 Å². The lowest BCUT2D eigenvalue weighted by Gasteiger charge is -2.29. The van der Waals surface area contributed by atoms with Crippen LogP contribution in [0.3, 0.4) is 0 Å². The summed E-state index contributed by atoms with van der Waals surface area (Å²) in [5.41, 5.74) is 0.448.